The molecule has 1 heterocycles. The minimum Gasteiger partial charge on any atom is -0.311 e. The summed E-state index contributed by atoms with van der Waals surface area (Å²) < 4.78 is 22.2. The van der Waals surface area contributed by atoms with Crippen molar-refractivity contribution in [3.63, 3.8) is 0 Å². The molecule has 0 unspecified atom stereocenters. The molecule has 0 aromatic heterocycles. The summed E-state index contributed by atoms with van der Waals surface area (Å²) in [6.07, 6.45) is 0. The van der Waals surface area contributed by atoms with Crippen LogP contribution in [0.25, 0.3) is 0 Å². The summed E-state index contributed by atoms with van der Waals surface area (Å²) in [5.41, 5.74) is 2.15. The van der Waals surface area contributed by atoms with Crippen molar-refractivity contribution in [3.8, 4) is 0 Å². The summed E-state index contributed by atoms with van der Waals surface area (Å²) in [4.78, 5) is 0. The van der Waals surface area contributed by atoms with Crippen LogP contribution < -0.4 is 5.32 Å². The van der Waals surface area contributed by atoms with Crippen LogP contribution in [0.2, 0.25) is 0 Å². The Labute approximate surface area is 89.1 Å². The fraction of sp³-hybridized carbons (Fsp3) is 0.400. The van der Waals surface area contributed by atoms with E-state index in [9.17, 15) is 4.57 Å². The monoisotopic (exact) mass is 227 g/mol. The first kappa shape index (κ1) is 10.8. The van der Waals surface area contributed by atoms with Gasteiger partial charge >= 0.3 is 7.60 Å². The molecule has 0 saturated carbocycles. The lowest BCUT2D eigenvalue weighted by molar-refractivity contribution is 0.261. The zero-order valence-electron chi connectivity index (χ0n) is 8.77. The van der Waals surface area contributed by atoms with Crippen LogP contribution in [0.15, 0.2) is 24.3 Å². The van der Waals surface area contributed by atoms with Crippen LogP contribution in [0.1, 0.15) is 16.9 Å². The van der Waals surface area contributed by atoms with E-state index in [-0.39, 0.29) is 5.78 Å². The van der Waals surface area contributed by atoms with Gasteiger partial charge in [-0.15, -0.1) is 0 Å². The third-order valence-corrected chi connectivity index (χ3v) is 4.77. The van der Waals surface area contributed by atoms with E-state index in [0.717, 1.165) is 11.1 Å². The molecule has 0 amide bonds. The quantitative estimate of drug-likeness (QED) is 0.805. The van der Waals surface area contributed by atoms with Crippen molar-refractivity contribution in [3.05, 3.63) is 35.4 Å². The van der Waals surface area contributed by atoms with E-state index in [0.29, 0.717) is 6.54 Å². The van der Waals surface area contributed by atoms with Gasteiger partial charge in [0.2, 0.25) is 0 Å². The molecule has 5 heteroatoms. The third-order valence-electron chi connectivity index (χ3n) is 2.66. The number of nitrogens with one attached hydrogen (secondary N) is 1. The maximum absolute atomic E-state index is 12.2. The smallest absolute Gasteiger partial charge is 0.311 e. The fourth-order valence-electron chi connectivity index (χ4n) is 1.85. The van der Waals surface area contributed by atoms with Crippen LogP contribution >= 0.6 is 7.60 Å². The van der Waals surface area contributed by atoms with Gasteiger partial charge in [0.05, 0.1) is 0 Å². The predicted molar refractivity (Wildman–Crippen MR) is 57.6 cm³/mol. The predicted octanol–water partition coefficient (Wildman–Crippen LogP) is 2.27. The van der Waals surface area contributed by atoms with E-state index in [1.165, 1.54) is 14.2 Å². The van der Waals surface area contributed by atoms with Gasteiger partial charge in [-0.3, -0.25) is 9.88 Å². The normalized spacial score (nSPS) is 20.3. The lowest BCUT2D eigenvalue weighted by Gasteiger charge is -2.21. The van der Waals surface area contributed by atoms with Gasteiger partial charge in [0.1, 0.15) is 5.78 Å². The molecule has 0 saturated heterocycles. The SMILES string of the molecule is COP(=O)(OC)[C@@H]1NCc2ccccc21. The molecule has 1 atom stereocenters. The minimum absolute atomic E-state index is 0.344. The van der Waals surface area contributed by atoms with Crippen LogP contribution in [0.3, 0.4) is 0 Å². The van der Waals surface area contributed by atoms with E-state index in [2.05, 4.69) is 5.32 Å². The Morgan fingerprint density at radius 2 is 2.00 bits per heavy atom. The Hall–Kier alpha value is -0.670. The van der Waals surface area contributed by atoms with Gasteiger partial charge in [-0.25, -0.2) is 0 Å². The second-order valence-corrected chi connectivity index (χ2v) is 5.71. The van der Waals surface area contributed by atoms with Crippen molar-refractivity contribution in [1.82, 2.24) is 5.32 Å². The molecule has 2 rings (SSSR count). The van der Waals surface area contributed by atoms with Crippen molar-refractivity contribution < 1.29 is 13.6 Å². The number of benzene rings is 1. The molecule has 0 spiro atoms. The summed E-state index contributed by atoms with van der Waals surface area (Å²) in [5.74, 6) is -0.344. The second kappa shape index (κ2) is 4.06. The first-order chi connectivity index (χ1) is 7.21. The van der Waals surface area contributed by atoms with Gasteiger partial charge in [0.15, 0.2) is 0 Å². The molecule has 1 aliphatic rings. The van der Waals surface area contributed by atoms with Crippen molar-refractivity contribution in [1.29, 1.82) is 0 Å². The molecule has 4 nitrogen and oxygen atoms in total. The standard InChI is InChI=1S/C10H14NO3P/c1-13-15(12,14-2)10-9-6-4-3-5-8(9)7-11-10/h3-6,10-11H,7H2,1-2H3/t10-/m0/s1. The van der Waals surface area contributed by atoms with E-state index in [1.807, 2.05) is 24.3 Å². The van der Waals surface area contributed by atoms with E-state index in [1.54, 1.807) is 0 Å². The average molecular weight is 227 g/mol. The second-order valence-electron chi connectivity index (χ2n) is 3.39. The maximum atomic E-state index is 12.2. The average Bonchev–Trinajstić information content (AvgIpc) is 2.72. The van der Waals surface area contributed by atoms with E-state index >= 15 is 0 Å². The molecule has 1 aromatic rings. The van der Waals surface area contributed by atoms with Gasteiger partial charge in [-0.05, 0) is 11.1 Å². The summed E-state index contributed by atoms with van der Waals surface area (Å²) in [7, 11) is -0.253. The van der Waals surface area contributed by atoms with Gasteiger partial charge in [0.25, 0.3) is 0 Å². The Morgan fingerprint density at radius 1 is 1.33 bits per heavy atom. The largest absolute Gasteiger partial charge is 0.351 e. The molecule has 1 aliphatic heterocycles. The van der Waals surface area contributed by atoms with Crippen LogP contribution in [0.5, 0.6) is 0 Å². The Balaban J connectivity index is 2.39. The van der Waals surface area contributed by atoms with E-state index < -0.39 is 7.60 Å². The fourth-order valence-corrected chi connectivity index (χ4v) is 3.32. The summed E-state index contributed by atoms with van der Waals surface area (Å²) in [6, 6.07) is 7.85. The summed E-state index contributed by atoms with van der Waals surface area (Å²) in [5, 5.41) is 3.15. The molecular weight excluding hydrogens is 213 g/mol. The zero-order valence-corrected chi connectivity index (χ0v) is 9.66. The summed E-state index contributed by atoms with van der Waals surface area (Å²) >= 11 is 0. The van der Waals surface area contributed by atoms with E-state index in [4.69, 9.17) is 9.05 Å². The third kappa shape index (κ3) is 1.74. The van der Waals surface area contributed by atoms with Gasteiger partial charge in [0, 0.05) is 20.8 Å². The number of hydrogen-bond donors (Lipinski definition) is 1. The molecule has 1 N–H and O–H groups in total. The Morgan fingerprint density at radius 3 is 2.67 bits per heavy atom. The lowest BCUT2D eigenvalue weighted by atomic mass is 10.1. The van der Waals surface area contributed by atoms with Gasteiger partial charge in [-0.1, -0.05) is 24.3 Å². The van der Waals surface area contributed by atoms with Gasteiger partial charge < -0.3 is 9.05 Å². The van der Waals surface area contributed by atoms with Gasteiger partial charge in [-0.2, -0.15) is 0 Å². The highest BCUT2D eigenvalue weighted by Crippen LogP contribution is 2.60. The van der Waals surface area contributed by atoms with Crippen molar-refractivity contribution >= 4 is 7.60 Å². The van der Waals surface area contributed by atoms with Crippen LogP contribution in [0, 0.1) is 0 Å². The first-order valence-electron chi connectivity index (χ1n) is 4.73. The number of hydrogen-bond acceptors (Lipinski definition) is 4. The molecule has 1 aromatic carbocycles. The summed E-state index contributed by atoms with van der Waals surface area (Å²) in [6.45, 7) is 0.706. The highest BCUT2D eigenvalue weighted by molar-refractivity contribution is 7.54. The molecule has 0 fully saturated rings. The zero-order chi connectivity index (χ0) is 10.9. The molecule has 82 valence electrons. The molecule has 0 aliphatic carbocycles. The Kier molecular flexibility index (Phi) is 2.94. The van der Waals surface area contributed by atoms with Crippen LogP contribution in [0.4, 0.5) is 0 Å². The van der Waals surface area contributed by atoms with Crippen LogP contribution in [-0.4, -0.2) is 14.2 Å². The van der Waals surface area contributed by atoms with Crippen molar-refractivity contribution in [2.45, 2.75) is 12.3 Å². The highest BCUT2D eigenvalue weighted by Gasteiger charge is 2.39. The molecular formula is C10H14NO3P. The maximum Gasteiger partial charge on any atom is 0.351 e. The molecule has 0 radical (unpaired) electrons. The topological polar surface area (TPSA) is 47.6 Å². The number of fused-ring (bicyclic) bond motifs is 1. The molecule has 15 heavy (non-hydrogen) atoms. The minimum atomic E-state index is -3.07. The molecule has 0 bridgehead atoms. The first-order valence-corrected chi connectivity index (χ1v) is 6.35. The van der Waals surface area contributed by atoms with Crippen LogP contribution in [-0.2, 0) is 20.2 Å². The number of rotatable bonds is 3. The highest BCUT2D eigenvalue weighted by atomic mass is 31.2. The lowest BCUT2D eigenvalue weighted by Crippen LogP contribution is -2.14. The van der Waals surface area contributed by atoms with Crippen molar-refractivity contribution in [2.75, 3.05) is 14.2 Å². The van der Waals surface area contributed by atoms with Crippen molar-refractivity contribution in [2.24, 2.45) is 0 Å². The Bertz CT molecular complexity index is 399.